The number of aryl methyl sites for hydroxylation is 1. The number of hydrogen-bond donors (Lipinski definition) is 1. The molecule has 1 heterocycles. The molecule has 1 N–H and O–H groups in total. The van der Waals surface area contributed by atoms with Crippen molar-refractivity contribution in [1.82, 2.24) is 10.1 Å². The molecule has 0 atom stereocenters. The monoisotopic (exact) mass is 291 g/mol. The van der Waals surface area contributed by atoms with Crippen LogP contribution in [-0.2, 0) is 12.2 Å². The minimum Gasteiger partial charge on any atom is -0.384 e. The fourth-order valence-corrected chi connectivity index (χ4v) is 2.57. The van der Waals surface area contributed by atoms with Crippen LogP contribution in [0.25, 0.3) is 0 Å². The zero-order chi connectivity index (χ0) is 14.2. The van der Waals surface area contributed by atoms with Gasteiger partial charge in [-0.25, -0.2) is 0 Å². The Balaban J connectivity index is 1.75. The molecule has 0 unspecified atom stereocenters. The van der Waals surface area contributed by atoms with Crippen molar-refractivity contribution in [3.05, 3.63) is 41.5 Å². The van der Waals surface area contributed by atoms with Crippen molar-refractivity contribution < 1.29 is 4.52 Å². The van der Waals surface area contributed by atoms with Gasteiger partial charge in [0, 0.05) is 18.7 Å². The van der Waals surface area contributed by atoms with Crippen LogP contribution in [-0.4, -0.2) is 22.4 Å². The standard InChI is InChI=1S/C15H21N3OS/c1-3-10-20-11-14-17-15(19-18-14)8-9-16-13-7-5-4-6-12(13)2/h4-7,16H,3,8-11H2,1-2H3. The van der Waals surface area contributed by atoms with Gasteiger partial charge in [-0.15, -0.1) is 0 Å². The summed E-state index contributed by atoms with van der Waals surface area (Å²) in [6.07, 6.45) is 1.93. The van der Waals surface area contributed by atoms with E-state index in [2.05, 4.69) is 41.4 Å². The fraction of sp³-hybridized carbons (Fsp3) is 0.467. The number of rotatable bonds is 8. The van der Waals surface area contributed by atoms with Crippen LogP contribution in [0.15, 0.2) is 28.8 Å². The SMILES string of the molecule is CCCSCc1noc(CCNc2ccccc2C)n1. The van der Waals surface area contributed by atoms with Gasteiger partial charge in [0.1, 0.15) is 0 Å². The molecule has 0 aliphatic carbocycles. The largest absolute Gasteiger partial charge is 0.384 e. The van der Waals surface area contributed by atoms with E-state index in [9.17, 15) is 0 Å². The second-order valence-electron chi connectivity index (χ2n) is 4.65. The van der Waals surface area contributed by atoms with Crippen molar-refractivity contribution in [3.8, 4) is 0 Å². The lowest BCUT2D eigenvalue weighted by molar-refractivity contribution is 0.376. The summed E-state index contributed by atoms with van der Waals surface area (Å²) in [5.41, 5.74) is 2.40. The van der Waals surface area contributed by atoms with Gasteiger partial charge in [0.2, 0.25) is 5.89 Å². The Morgan fingerprint density at radius 3 is 2.95 bits per heavy atom. The number of hydrogen-bond acceptors (Lipinski definition) is 5. The maximum Gasteiger partial charge on any atom is 0.228 e. The minimum absolute atomic E-state index is 0.707. The molecule has 0 bridgehead atoms. The van der Waals surface area contributed by atoms with E-state index in [0.29, 0.717) is 5.89 Å². The van der Waals surface area contributed by atoms with Gasteiger partial charge in [-0.1, -0.05) is 30.3 Å². The summed E-state index contributed by atoms with van der Waals surface area (Å²) in [7, 11) is 0. The van der Waals surface area contributed by atoms with Gasteiger partial charge in [0.15, 0.2) is 5.82 Å². The maximum absolute atomic E-state index is 5.25. The van der Waals surface area contributed by atoms with E-state index in [4.69, 9.17) is 4.52 Å². The summed E-state index contributed by atoms with van der Waals surface area (Å²) in [6, 6.07) is 8.25. The molecule has 0 saturated heterocycles. The van der Waals surface area contributed by atoms with E-state index in [1.807, 2.05) is 23.9 Å². The van der Waals surface area contributed by atoms with E-state index < -0.39 is 0 Å². The van der Waals surface area contributed by atoms with Crippen LogP contribution < -0.4 is 5.32 Å². The molecule has 1 aromatic carbocycles. The Bertz CT molecular complexity index is 527. The predicted octanol–water partition coefficient (Wildman–Crippen LogP) is 3.68. The van der Waals surface area contributed by atoms with Gasteiger partial charge in [0.05, 0.1) is 5.75 Å². The molecule has 0 aliphatic heterocycles. The third-order valence-electron chi connectivity index (χ3n) is 2.89. The average Bonchev–Trinajstić information content (AvgIpc) is 2.89. The molecule has 1 aromatic heterocycles. The zero-order valence-corrected chi connectivity index (χ0v) is 12.9. The molecule has 0 spiro atoms. The molecule has 0 fully saturated rings. The number of aromatic nitrogens is 2. The van der Waals surface area contributed by atoms with Crippen LogP contribution >= 0.6 is 11.8 Å². The molecule has 2 rings (SSSR count). The van der Waals surface area contributed by atoms with Gasteiger partial charge in [-0.2, -0.15) is 16.7 Å². The van der Waals surface area contributed by atoms with Gasteiger partial charge < -0.3 is 9.84 Å². The minimum atomic E-state index is 0.707. The van der Waals surface area contributed by atoms with E-state index in [-0.39, 0.29) is 0 Å². The van der Waals surface area contributed by atoms with Crippen LogP contribution in [0.5, 0.6) is 0 Å². The Kier molecular flexibility index (Phi) is 5.92. The number of anilines is 1. The zero-order valence-electron chi connectivity index (χ0n) is 12.1. The maximum atomic E-state index is 5.25. The number of thioether (sulfide) groups is 1. The van der Waals surface area contributed by atoms with Crippen LogP contribution in [0.2, 0.25) is 0 Å². The molecule has 0 radical (unpaired) electrons. The van der Waals surface area contributed by atoms with Gasteiger partial charge in [-0.05, 0) is 30.7 Å². The molecular formula is C15H21N3OS. The highest BCUT2D eigenvalue weighted by atomic mass is 32.2. The highest BCUT2D eigenvalue weighted by molar-refractivity contribution is 7.98. The van der Waals surface area contributed by atoms with Crippen molar-refractivity contribution >= 4 is 17.4 Å². The molecule has 4 nitrogen and oxygen atoms in total. The van der Waals surface area contributed by atoms with Gasteiger partial charge >= 0.3 is 0 Å². The quantitative estimate of drug-likeness (QED) is 0.752. The van der Waals surface area contributed by atoms with E-state index in [1.54, 1.807) is 0 Å². The third kappa shape index (κ3) is 4.56. The van der Waals surface area contributed by atoms with E-state index in [0.717, 1.165) is 36.0 Å². The predicted molar refractivity (Wildman–Crippen MR) is 84.1 cm³/mol. The molecule has 108 valence electrons. The molecule has 0 aliphatic rings. The topological polar surface area (TPSA) is 51.0 Å². The lowest BCUT2D eigenvalue weighted by Gasteiger charge is -2.07. The van der Waals surface area contributed by atoms with Crippen LogP contribution in [0.3, 0.4) is 0 Å². The normalized spacial score (nSPS) is 10.7. The summed E-state index contributed by atoms with van der Waals surface area (Å²) < 4.78 is 5.25. The number of para-hydroxylation sites is 1. The van der Waals surface area contributed by atoms with Crippen LogP contribution in [0.4, 0.5) is 5.69 Å². The smallest absolute Gasteiger partial charge is 0.228 e. The van der Waals surface area contributed by atoms with Crippen molar-refractivity contribution in [1.29, 1.82) is 0 Å². The number of nitrogens with zero attached hydrogens (tertiary/aromatic N) is 2. The Hall–Kier alpha value is -1.49. The first kappa shape index (κ1) is 14.9. The van der Waals surface area contributed by atoms with Crippen molar-refractivity contribution in [2.45, 2.75) is 32.4 Å². The Morgan fingerprint density at radius 2 is 2.15 bits per heavy atom. The summed E-state index contributed by atoms with van der Waals surface area (Å²) in [5, 5.41) is 7.39. The first-order valence-electron chi connectivity index (χ1n) is 6.98. The summed E-state index contributed by atoms with van der Waals surface area (Å²) >= 11 is 1.84. The number of nitrogens with one attached hydrogen (secondary N) is 1. The molecular weight excluding hydrogens is 270 g/mol. The Morgan fingerprint density at radius 1 is 1.30 bits per heavy atom. The summed E-state index contributed by atoms with van der Waals surface area (Å²) in [6.45, 7) is 5.07. The van der Waals surface area contributed by atoms with Crippen LogP contribution in [0.1, 0.15) is 30.6 Å². The first-order valence-corrected chi connectivity index (χ1v) is 8.13. The first-order chi connectivity index (χ1) is 9.79. The molecule has 0 amide bonds. The molecule has 5 heteroatoms. The fourth-order valence-electron chi connectivity index (χ4n) is 1.83. The van der Waals surface area contributed by atoms with Crippen molar-refractivity contribution in [2.75, 3.05) is 17.6 Å². The second-order valence-corrected chi connectivity index (χ2v) is 5.75. The summed E-state index contributed by atoms with van der Waals surface area (Å²) in [4.78, 5) is 4.40. The highest BCUT2D eigenvalue weighted by Crippen LogP contribution is 2.13. The second kappa shape index (κ2) is 7.94. The molecule has 20 heavy (non-hydrogen) atoms. The molecule has 0 saturated carbocycles. The summed E-state index contributed by atoms with van der Waals surface area (Å²) in [5.74, 6) is 3.48. The lowest BCUT2D eigenvalue weighted by Crippen LogP contribution is -2.06. The lowest BCUT2D eigenvalue weighted by atomic mass is 10.2. The van der Waals surface area contributed by atoms with Crippen molar-refractivity contribution in [3.63, 3.8) is 0 Å². The van der Waals surface area contributed by atoms with Gasteiger partial charge in [-0.3, -0.25) is 0 Å². The Labute approximate surface area is 124 Å². The van der Waals surface area contributed by atoms with Gasteiger partial charge in [0.25, 0.3) is 0 Å². The highest BCUT2D eigenvalue weighted by Gasteiger charge is 2.06. The molecule has 2 aromatic rings. The average molecular weight is 291 g/mol. The third-order valence-corrected chi connectivity index (χ3v) is 4.05. The van der Waals surface area contributed by atoms with Crippen molar-refractivity contribution in [2.24, 2.45) is 0 Å². The number of benzene rings is 1. The van der Waals surface area contributed by atoms with Crippen LogP contribution in [0, 0.1) is 6.92 Å². The van der Waals surface area contributed by atoms with E-state index >= 15 is 0 Å². The van der Waals surface area contributed by atoms with E-state index in [1.165, 1.54) is 12.0 Å².